The van der Waals surface area contributed by atoms with Gasteiger partial charge in [0.15, 0.2) is 0 Å². The zero-order valence-corrected chi connectivity index (χ0v) is 10.4. The molecule has 1 aliphatic heterocycles. The van der Waals surface area contributed by atoms with Gasteiger partial charge in [-0.25, -0.2) is 4.98 Å². The number of aromatic nitrogens is 2. The summed E-state index contributed by atoms with van der Waals surface area (Å²) >= 11 is 0. The van der Waals surface area contributed by atoms with Crippen LogP contribution in [-0.2, 0) is 6.42 Å². The predicted molar refractivity (Wildman–Crippen MR) is 71.7 cm³/mol. The van der Waals surface area contributed by atoms with E-state index in [1.165, 1.54) is 25.8 Å². The SMILES string of the molecule is Oc1ccc2nc(CCC3CCCNC3)[nH]c2c1. The van der Waals surface area contributed by atoms with E-state index in [9.17, 15) is 5.11 Å². The lowest BCUT2D eigenvalue weighted by molar-refractivity contribution is 0.356. The van der Waals surface area contributed by atoms with Gasteiger partial charge in [0.2, 0.25) is 0 Å². The van der Waals surface area contributed by atoms with Gasteiger partial charge in [0.1, 0.15) is 11.6 Å². The van der Waals surface area contributed by atoms with Crippen molar-refractivity contribution in [3.8, 4) is 5.75 Å². The Morgan fingerprint density at radius 2 is 2.33 bits per heavy atom. The lowest BCUT2D eigenvalue weighted by atomic mass is 9.95. The molecule has 96 valence electrons. The molecule has 2 heterocycles. The summed E-state index contributed by atoms with van der Waals surface area (Å²) in [6.07, 6.45) is 4.78. The van der Waals surface area contributed by atoms with Gasteiger partial charge in [-0.05, 0) is 50.4 Å². The van der Waals surface area contributed by atoms with Crippen LogP contribution in [0.5, 0.6) is 5.75 Å². The van der Waals surface area contributed by atoms with Gasteiger partial charge < -0.3 is 15.4 Å². The van der Waals surface area contributed by atoms with Crippen molar-refractivity contribution in [1.29, 1.82) is 0 Å². The Labute approximate surface area is 106 Å². The van der Waals surface area contributed by atoms with Crippen LogP contribution in [0.2, 0.25) is 0 Å². The Morgan fingerprint density at radius 1 is 1.39 bits per heavy atom. The van der Waals surface area contributed by atoms with E-state index in [2.05, 4.69) is 15.3 Å². The summed E-state index contributed by atoms with van der Waals surface area (Å²) in [6.45, 7) is 2.31. The van der Waals surface area contributed by atoms with Gasteiger partial charge in [-0.2, -0.15) is 0 Å². The highest BCUT2D eigenvalue weighted by atomic mass is 16.3. The Kier molecular flexibility index (Phi) is 3.19. The number of phenols is 1. The summed E-state index contributed by atoms with van der Waals surface area (Å²) in [4.78, 5) is 7.84. The van der Waals surface area contributed by atoms with Crippen molar-refractivity contribution in [1.82, 2.24) is 15.3 Å². The molecule has 3 rings (SSSR count). The fourth-order valence-corrected chi connectivity index (χ4v) is 2.68. The average molecular weight is 245 g/mol. The van der Waals surface area contributed by atoms with Crippen LogP contribution in [0, 0.1) is 5.92 Å². The molecule has 2 aromatic rings. The molecule has 1 unspecified atom stereocenters. The third-order valence-corrected chi connectivity index (χ3v) is 3.70. The number of nitrogens with one attached hydrogen (secondary N) is 2. The molecule has 0 bridgehead atoms. The minimum atomic E-state index is 0.286. The number of fused-ring (bicyclic) bond motifs is 1. The molecular formula is C14H19N3O. The highest BCUT2D eigenvalue weighted by molar-refractivity contribution is 5.76. The largest absolute Gasteiger partial charge is 0.508 e. The predicted octanol–water partition coefficient (Wildman–Crippen LogP) is 2.20. The van der Waals surface area contributed by atoms with Crippen LogP contribution in [0.25, 0.3) is 11.0 Å². The minimum Gasteiger partial charge on any atom is -0.508 e. The number of rotatable bonds is 3. The number of aromatic hydroxyl groups is 1. The van der Waals surface area contributed by atoms with Crippen LogP contribution < -0.4 is 5.32 Å². The Hall–Kier alpha value is -1.55. The first-order valence-electron chi connectivity index (χ1n) is 6.69. The summed E-state index contributed by atoms with van der Waals surface area (Å²) in [5.74, 6) is 2.09. The van der Waals surface area contributed by atoms with E-state index in [1.54, 1.807) is 12.1 Å². The Balaban J connectivity index is 1.67. The standard InChI is InChI=1S/C14H19N3O/c18-11-4-5-12-13(8-11)17-14(16-12)6-3-10-2-1-7-15-9-10/h4-5,8,10,15,18H,1-3,6-7,9H2,(H,16,17). The average Bonchev–Trinajstić information content (AvgIpc) is 2.79. The number of hydrogen-bond donors (Lipinski definition) is 3. The molecule has 0 radical (unpaired) electrons. The zero-order chi connectivity index (χ0) is 12.4. The van der Waals surface area contributed by atoms with Crippen LogP contribution in [0.15, 0.2) is 18.2 Å². The van der Waals surface area contributed by atoms with Crippen molar-refractivity contribution in [3.05, 3.63) is 24.0 Å². The van der Waals surface area contributed by atoms with Gasteiger partial charge in [0.05, 0.1) is 11.0 Å². The Bertz CT molecular complexity index is 529. The molecule has 1 aliphatic rings. The normalized spacial score (nSPS) is 20.3. The van der Waals surface area contributed by atoms with E-state index >= 15 is 0 Å². The highest BCUT2D eigenvalue weighted by Crippen LogP contribution is 2.20. The number of piperidine rings is 1. The molecule has 1 saturated heterocycles. The molecule has 1 aromatic carbocycles. The maximum absolute atomic E-state index is 9.42. The van der Waals surface area contributed by atoms with E-state index in [0.717, 1.165) is 35.7 Å². The number of aromatic amines is 1. The Morgan fingerprint density at radius 3 is 3.17 bits per heavy atom. The molecule has 1 atom stereocenters. The third kappa shape index (κ3) is 2.48. The lowest BCUT2D eigenvalue weighted by Crippen LogP contribution is -2.29. The molecule has 0 aliphatic carbocycles. The fourth-order valence-electron chi connectivity index (χ4n) is 2.68. The van der Waals surface area contributed by atoms with E-state index in [0.29, 0.717) is 0 Å². The smallest absolute Gasteiger partial charge is 0.117 e. The number of nitrogens with zero attached hydrogens (tertiary/aromatic N) is 1. The molecule has 18 heavy (non-hydrogen) atoms. The van der Waals surface area contributed by atoms with Gasteiger partial charge in [0, 0.05) is 12.5 Å². The molecule has 0 spiro atoms. The van der Waals surface area contributed by atoms with Crippen molar-refractivity contribution < 1.29 is 5.11 Å². The number of hydrogen-bond acceptors (Lipinski definition) is 3. The number of H-pyrrole nitrogens is 1. The highest BCUT2D eigenvalue weighted by Gasteiger charge is 2.13. The van der Waals surface area contributed by atoms with Crippen LogP contribution in [0.1, 0.15) is 25.1 Å². The molecule has 4 heteroatoms. The molecule has 4 nitrogen and oxygen atoms in total. The van der Waals surface area contributed by atoms with Crippen molar-refractivity contribution in [2.45, 2.75) is 25.7 Å². The number of aryl methyl sites for hydroxylation is 1. The van der Waals surface area contributed by atoms with Crippen molar-refractivity contribution >= 4 is 11.0 Å². The summed E-state index contributed by atoms with van der Waals surface area (Å²) in [7, 11) is 0. The van der Waals surface area contributed by atoms with Crippen molar-refractivity contribution in [2.24, 2.45) is 5.92 Å². The topological polar surface area (TPSA) is 60.9 Å². The second kappa shape index (κ2) is 4.98. The molecule has 1 aromatic heterocycles. The van der Waals surface area contributed by atoms with Gasteiger partial charge in [-0.15, -0.1) is 0 Å². The first-order chi connectivity index (χ1) is 8.81. The lowest BCUT2D eigenvalue weighted by Gasteiger charge is -2.22. The molecular weight excluding hydrogens is 226 g/mol. The maximum Gasteiger partial charge on any atom is 0.117 e. The molecule has 3 N–H and O–H groups in total. The monoisotopic (exact) mass is 245 g/mol. The molecule has 0 amide bonds. The van der Waals surface area contributed by atoms with Crippen LogP contribution in [0.4, 0.5) is 0 Å². The number of benzene rings is 1. The summed E-state index contributed by atoms with van der Waals surface area (Å²) in [5, 5.41) is 12.9. The fraction of sp³-hybridized carbons (Fsp3) is 0.500. The van der Waals surface area contributed by atoms with E-state index in [-0.39, 0.29) is 5.75 Å². The zero-order valence-electron chi connectivity index (χ0n) is 10.4. The first kappa shape index (κ1) is 11.5. The molecule has 1 fully saturated rings. The third-order valence-electron chi connectivity index (χ3n) is 3.70. The van der Waals surface area contributed by atoms with Crippen molar-refractivity contribution in [3.63, 3.8) is 0 Å². The van der Waals surface area contributed by atoms with Crippen LogP contribution >= 0.6 is 0 Å². The van der Waals surface area contributed by atoms with Crippen LogP contribution in [0.3, 0.4) is 0 Å². The maximum atomic E-state index is 9.42. The van der Waals surface area contributed by atoms with Crippen LogP contribution in [-0.4, -0.2) is 28.2 Å². The molecule has 0 saturated carbocycles. The summed E-state index contributed by atoms with van der Waals surface area (Å²) in [6, 6.07) is 5.26. The summed E-state index contributed by atoms with van der Waals surface area (Å²) in [5.41, 5.74) is 1.86. The minimum absolute atomic E-state index is 0.286. The van der Waals surface area contributed by atoms with Gasteiger partial charge >= 0.3 is 0 Å². The second-order valence-corrected chi connectivity index (χ2v) is 5.14. The second-order valence-electron chi connectivity index (χ2n) is 5.14. The van der Waals surface area contributed by atoms with E-state index < -0.39 is 0 Å². The van der Waals surface area contributed by atoms with Crippen molar-refractivity contribution in [2.75, 3.05) is 13.1 Å². The number of phenolic OH excluding ortho intramolecular Hbond substituents is 1. The van der Waals surface area contributed by atoms with E-state index in [4.69, 9.17) is 0 Å². The van der Waals surface area contributed by atoms with E-state index in [1.807, 2.05) is 6.07 Å². The van der Waals surface area contributed by atoms with Gasteiger partial charge in [-0.1, -0.05) is 0 Å². The summed E-state index contributed by atoms with van der Waals surface area (Å²) < 4.78 is 0. The first-order valence-corrected chi connectivity index (χ1v) is 6.69. The van der Waals surface area contributed by atoms with Gasteiger partial charge in [-0.3, -0.25) is 0 Å². The van der Waals surface area contributed by atoms with Gasteiger partial charge in [0.25, 0.3) is 0 Å². The quantitative estimate of drug-likeness (QED) is 0.777. The number of imidazole rings is 1.